The number of rotatable bonds is 3. The number of pyridine rings is 1. The number of likely N-dealkylation sites (tertiary alicyclic amines) is 1. The molecule has 2 aromatic rings. The van der Waals surface area contributed by atoms with Crippen LogP contribution >= 0.6 is 0 Å². The van der Waals surface area contributed by atoms with Gasteiger partial charge in [-0.15, -0.1) is 0 Å². The molecule has 1 unspecified atom stereocenters. The minimum absolute atomic E-state index is 0.0750. The van der Waals surface area contributed by atoms with Gasteiger partial charge >= 0.3 is 0 Å². The van der Waals surface area contributed by atoms with E-state index < -0.39 is 0 Å². The summed E-state index contributed by atoms with van der Waals surface area (Å²) in [5.74, 6) is -0.960. The molecule has 1 aliphatic heterocycles. The zero-order valence-electron chi connectivity index (χ0n) is 13.0. The molecule has 1 saturated heterocycles. The molecule has 6 heteroatoms. The Balaban J connectivity index is 1.73. The Morgan fingerprint density at radius 1 is 1.08 bits per heavy atom. The molecule has 1 amide bonds. The van der Waals surface area contributed by atoms with Crippen LogP contribution in [-0.2, 0) is 0 Å². The van der Waals surface area contributed by atoms with Gasteiger partial charge in [0.15, 0.2) is 5.78 Å². The second kappa shape index (κ2) is 6.78. The van der Waals surface area contributed by atoms with Crippen molar-refractivity contribution >= 4 is 11.7 Å². The molecule has 0 saturated carbocycles. The van der Waals surface area contributed by atoms with Crippen LogP contribution < -0.4 is 5.56 Å². The second-order valence-corrected chi connectivity index (χ2v) is 5.90. The molecule has 0 radical (unpaired) electrons. The Morgan fingerprint density at radius 2 is 1.79 bits per heavy atom. The van der Waals surface area contributed by atoms with Crippen LogP contribution in [0, 0.1) is 11.7 Å². The number of hydrogen-bond donors (Lipinski definition) is 1. The number of halogens is 1. The van der Waals surface area contributed by atoms with E-state index in [1.54, 1.807) is 4.90 Å². The topological polar surface area (TPSA) is 70.2 Å². The minimum atomic E-state index is -0.384. The molecule has 1 fully saturated rings. The SMILES string of the molecule is O=C(c1ccc(F)cc1)C1CCCN(C(=O)c2ccc(=O)[nH]c2)C1. The molecule has 0 spiro atoms. The number of H-pyrrole nitrogens is 1. The Bertz CT molecular complexity index is 793. The number of hydrogen-bond acceptors (Lipinski definition) is 3. The van der Waals surface area contributed by atoms with Gasteiger partial charge < -0.3 is 9.88 Å². The monoisotopic (exact) mass is 328 g/mol. The number of carbonyl (C=O) groups is 2. The first-order chi connectivity index (χ1) is 11.5. The molecule has 2 heterocycles. The van der Waals surface area contributed by atoms with Crippen molar-refractivity contribution < 1.29 is 14.0 Å². The van der Waals surface area contributed by atoms with Crippen molar-refractivity contribution in [3.05, 3.63) is 69.9 Å². The summed E-state index contributed by atoms with van der Waals surface area (Å²) in [5, 5.41) is 0. The van der Waals surface area contributed by atoms with Crippen LogP contribution in [0.15, 0.2) is 47.4 Å². The Kier molecular flexibility index (Phi) is 4.55. The molecule has 1 aliphatic rings. The molecule has 0 bridgehead atoms. The van der Waals surface area contributed by atoms with Crippen molar-refractivity contribution in [2.75, 3.05) is 13.1 Å². The number of nitrogens with zero attached hydrogens (tertiary/aromatic N) is 1. The molecule has 3 rings (SSSR count). The molecular formula is C18H17FN2O3. The molecule has 1 aromatic carbocycles. The van der Waals surface area contributed by atoms with Crippen LogP contribution in [0.2, 0.25) is 0 Å². The number of piperidine rings is 1. The normalized spacial score (nSPS) is 17.5. The van der Waals surface area contributed by atoms with Gasteiger partial charge in [0.25, 0.3) is 5.91 Å². The van der Waals surface area contributed by atoms with E-state index in [-0.39, 0.29) is 29.0 Å². The lowest BCUT2D eigenvalue weighted by Crippen LogP contribution is -2.42. The molecule has 0 aliphatic carbocycles. The van der Waals surface area contributed by atoms with Crippen molar-refractivity contribution in [3.63, 3.8) is 0 Å². The summed E-state index contributed by atoms with van der Waals surface area (Å²) in [5.41, 5.74) is 0.582. The van der Waals surface area contributed by atoms with E-state index in [1.165, 1.54) is 42.6 Å². The number of carbonyl (C=O) groups excluding carboxylic acids is 2. The van der Waals surface area contributed by atoms with Gasteiger partial charge in [0.2, 0.25) is 5.56 Å². The predicted molar refractivity (Wildman–Crippen MR) is 86.4 cm³/mol. The minimum Gasteiger partial charge on any atom is -0.338 e. The maximum Gasteiger partial charge on any atom is 0.255 e. The van der Waals surface area contributed by atoms with Crippen molar-refractivity contribution in [2.45, 2.75) is 12.8 Å². The molecule has 24 heavy (non-hydrogen) atoms. The summed E-state index contributed by atoms with van der Waals surface area (Å²) in [4.78, 5) is 40.3. The number of aromatic amines is 1. The fourth-order valence-corrected chi connectivity index (χ4v) is 2.95. The quantitative estimate of drug-likeness (QED) is 0.879. The van der Waals surface area contributed by atoms with Gasteiger partial charge in [-0.3, -0.25) is 14.4 Å². The highest BCUT2D eigenvalue weighted by atomic mass is 19.1. The smallest absolute Gasteiger partial charge is 0.255 e. The number of Topliss-reactive ketones (excluding diaryl/α,β-unsaturated/α-hetero) is 1. The summed E-state index contributed by atoms with van der Waals surface area (Å²) in [6.07, 6.45) is 2.81. The average Bonchev–Trinajstić information content (AvgIpc) is 2.62. The van der Waals surface area contributed by atoms with Gasteiger partial charge in [-0.2, -0.15) is 0 Å². The molecular weight excluding hydrogens is 311 g/mol. The van der Waals surface area contributed by atoms with Gasteiger partial charge in [-0.1, -0.05) is 0 Å². The van der Waals surface area contributed by atoms with E-state index in [4.69, 9.17) is 0 Å². The van der Waals surface area contributed by atoms with Crippen LogP contribution in [0.4, 0.5) is 4.39 Å². The van der Waals surface area contributed by atoms with Crippen LogP contribution in [0.1, 0.15) is 33.6 Å². The van der Waals surface area contributed by atoms with Crippen molar-refractivity contribution in [3.8, 4) is 0 Å². The standard InChI is InChI=1S/C18H17FN2O3/c19-15-6-3-12(4-7-15)17(23)14-2-1-9-21(11-14)18(24)13-5-8-16(22)20-10-13/h3-8,10,14H,1-2,9,11H2,(H,20,22). The highest BCUT2D eigenvalue weighted by Crippen LogP contribution is 2.22. The third-order valence-corrected chi connectivity index (χ3v) is 4.24. The van der Waals surface area contributed by atoms with E-state index in [0.29, 0.717) is 30.6 Å². The van der Waals surface area contributed by atoms with Gasteiger partial charge in [0.05, 0.1) is 5.56 Å². The predicted octanol–water partition coefficient (Wildman–Crippen LogP) is 2.25. The maximum atomic E-state index is 13.0. The van der Waals surface area contributed by atoms with E-state index in [1.807, 2.05) is 0 Å². The third-order valence-electron chi connectivity index (χ3n) is 4.24. The summed E-state index contributed by atoms with van der Waals surface area (Å²) in [6.45, 7) is 0.902. The highest BCUT2D eigenvalue weighted by Gasteiger charge is 2.29. The van der Waals surface area contributed by atoms with E-state index >= 15 is 0 Å². The average molecular weight is 328 g/mol. The van der Waals surface area contributed by atoms with E-state index in [2.05, 4.69) is 4.98 Å². The lowest BCUT2D eigenvalue weighted by molar-refractivity contribution is 0.0636. The summed E-state index contributed by atoms with van der Waals surface area (Å²) >= 11 is 0. The zero-order chi connectivity index (χ0) is 17.1. The van der Waals surface area contributed by atoms with Crippen molar-refractivity contribution in [1.29, 1.82) is 0 Å². The lowest BCUT2D eigenvalue weighted by atomic mass is 9.89. The summed E-state index contributed by atoms with van der Waals surface area (Å²) in [6, 6.07) is 8.25. The van der Waals surface area contributed by atoms with E-state index in [9.17, 15) is 18.8 Å². The van der Waals surface area contributed by atoms with Gasteiger partial charge in [-0.25, -0.2) is 4.39 Å². The lowest BCUT2D eigenvalue weighted by Gasteiger charge is -2.32. The first-order valence-corrected chi connectivity index (χ1v) is 7.82. The number of ketones is 1. The van der Waals surface area contributed by atoms with Crippen molar-refractivity contribution in [1.82, 2.24) is 9.88 Å². The number of benzene rings is 1. The second-order valence-electron chi connectivity index (χ2n) is 5.90. The van der Waals surface area contributed by atoms with Crippen LogP contribution in [-0.4, -0.2) is 34.7 Å². The van der Waals surface area contributed by atoms with Gasteiger partial charge in [-0.05, 0) is 43.2 Å². The Hall–Kier alpha value is -2.76. The summed E-state index contributed by atoms with van der Waals surface area (Å²) in [7, 11) is 0. The fraction of sp³-hybridized carbons (Fsp3) is 0.278. The third kappa shape index (κ3) is 3.42. The molecule has 1 atom stereocenters. The molecule has 1 aromatic heterocycles. The van der Waals surface area contributed by atoms with E-state index in [0.717, 1.165) is 6.42 Å². The van der Waals surface area contributed by atoms with Gasteiger partial charge in [0, 0.05) is 36.8 Å². The zero-order valence-corrected chi connectivity index (χ0v) is 13.0. The fourth-order valence-electron chi connectivity index (χ4n) is 2.95. The maximum absolute atomic E-state index is 13.0. The Labute approximate surface area is 138 Å². The van der Waals surface area contributed by atoms with Crippen molar-refractivity contribution in [2.24, 2.45) is 5.92 Å². The van der Waals surface area contributed by atoms with Crippen LogP contribution in [0.25, 0.3) is 0 Å². The highest BCUT2D eigenvalue weighted by molar-refractivity contribution is 5.99. The number of aromatic nitrogens is 1. The van der Waals surface area contributed by atoms with Crippen LogP contribution in [0.3, 0.4) is 0 Å². The molecule has 5 nitrogen and oxygen atoms in total. The molecule has 124 valence electrons. The number of amides is 1. The van der Waals surface area contributed by atoms with Gasteiger partial charge in [0.1, 0.15) is 5.82 Å². The summed E-state index contributed by atoms with van der Waals surface area (Å²) < 4.78 is 13.0. The first-order valence-electron chi connectivity index (χ1n) is 7.82. The number of nitrogens with one attached hydrogen (secondary N) is 1. The largest absolute Gasteiger partial charge is 0.338 e. The Morgan fingerprint density at radius 3 is 2.46 bits per heavy atom. The van der Waals surface area contributed by atoms with Crippen LogP contribution in [0.5, 0.6) is 0 Å². The molecule has 1 N–H and O–H groups in total. The first kappa shape index (κ1) is 16.1.